The van der Waals surface area contributed by atoms with Crippen LogP contribution in [0.15, 0.2) is 66.7 Å². The highest BCUT2D eigenvalue weighted by atomic mass is 16.5. The first-order chi connectivity index (χ1) is 15.6. The molecular weight excluding hydrogens is 398 g/mol. The van der Waals surface area contributed by atoms with Crippen molar-refractivity contribution in [3.05, 3.63) is 94.5 Å². The standard InChI is InChI=1S/C28H29NO3/c1-28(27(30)29-15-14-18-12-13-24(31-2)25(16-18)32-3)17-23-19-8-4-6-10-21(19)26(28)22-11-7-5-9-20(22)23/h4-13,16,23,26H,14-15,17H2,1-3H3,(H,29,30). The number of hydrogen-bond donors (Lipinski definition) is 1. The van der Waals surface area contributed by atoms with Gasteiger partial charge in [-0.2, -0.15) is 0 Å². The van der Waals surface area contributed by atoms with Gasteiger partial charge in [-0.05, 0) is 59.7 Å². The molecule has 0 aromatic heterocycles. The lowest BCUT2D eigenvalue weighted by Crippen LogP contribution is -2.49. The maximum Gasteiger partial charge on any atom is 0.226 e. The Labute approximate surface area is 189 Å². The number of nitrogens with one attached hydrogen (secondary N) is 1. The molecule has 4 heteroatoms. The Kier molecular flexibility index (Phi) is 5.16. The number of benzene rings is 3. The SMILES string of the molecule is COc1ccc(CCNC(=O)C2(C)CC3c4ccccc4C2c2ccccc23)cc1OC. The van der Waals surface area contributed by atoms with Gasteiger partial charge in [-0.3, -0.25) is 4.79 Å². The molecule has 3 aliphatic rings. The summed E-state index contributed by atoms with van der Waals surface area (Å²) in [7, 11) is 3.27. The third-order valence-electron chi connectivity index (χ3n) is 7.30. The quantitative estimate of drug-likeness (QED) is 0.599. The van der Waals surface area contributed by atoms with E-state index in [-0.39, 0.29) is 17.7 Å². The summed E-state index contributed by atoms with van der Waals surface area (Å²) in [6.07, 6.45) is 1.58. The molecule has 164 valence electrons. The minimum absolute atomic E-state index is 0.0842. The first-order valence-corrected chi connectivity index (χ1v) is 11.2. The lowest BCUT2D eigenvalue weighted by Gasteiger charge is -2.50. The first-order valence-electron chi connectivity index (χ1n) is 11.2. The van der Waals surface area contributed by atoms with E-state index in [0.717, 1.165) is 18.4 Å². The molecule has 1 atom stereocenters. The number of rotatable bonds is 6. The molecule has 3 aromatic rings. The van der Waals surface area contributed by atoms with Crippen LogP contribution in [0, 0.1) is 5.41 Å². The molecule has 0 spiro atoms. The van der Waals surface area contributed by atoms with E-state index < -0.39 is 5.41 Å². The van der Waals surface area contributed by atoms with E-state index in [9.17, 15) is 4.79 Å². The summed E-state index contributed by atoms with van der Waals surface area (Å²) in [4.78, 5) is 13.6. The Balaban J connectivity index is 1.37. The van der Waals surface area contributed by atoms with Crippen molar-refractivity contribution in [2.75, 3.05) is 20.8 Å². The molecule has 0 aliphatic heterocycles. The largest absolute Gasteiger partial charge is 0.493 e. The van der Waals surface area contributed by atoms with E-state index in [1.807, 2.05) is 18.2 Å². The van der Waals surface area contributed by atoms with Gasteiger partial charge >= 0.3 is 0 Å². The van der Waals surface area contributed by atoms with Gasteiger partial charge in [-0.15, -0.1) is 0 Å². The van der Waals surface area contributed by atoms with Gasteiger partial charge in [0.05, 0.1) is 19.6 Å². The number of ether oxygens (including phenoxy) is 2. The normalized spacial score (nSPS) is 22.6. The van der Waals surface area contributed by atoms with Crippen LogP contribution in [0.5, 0.6) is 11.5 Å². The zero-order chi connectivity index (χ0) is 22.3. The second kappa shape index (κ2) is 8.01. The zero-order valence-corrected chi connectivity index (χ0v) is 18.9. The molecule has 3 aromatic carbocycles. The van der Waals surface area contributed by atoms with Crippen LogP contribution >= 0.6 is 0 Å². The maximum atomic E-state index is 13.6. The van der Waals surface area contributed by atoms with Gasteiger partial charge in [0.15, 0.2) is 11.5 Å². The van der Waals surface area contributed by atoms with Gasteiger partial charge < -0.3 is 14.8 Å². The molecule has 0 radical (unpaired) electrons. The van der Waals surface area contributed by atoms with E-state index in [1.165, 1.54) is 22.3 Å². The summed E-state index contributed by atoms with van der Waals surface area (Å²) in [5, 5.41) is 3.24. The maximum absolute atomic E-state index is 13.6. The molecule has 0 heterocycles. The Morgan fingerprint density at radius 1 is 0.906 bits per heavy atom. The summed E-state index contributed by atoms with van der Waals surface area (Å²) in [5.74, 6) is 1.91. The number of amides is 1. The number of carbonyl (C=O) groups excluding carboxylic acids is 1. The van der Waals surface area contributed by atoms with Crippen LogP contribution in [0.1, 0.15) is 53.0 Å². The van der Waals surface area contributed by atoms with Crippen molar-refractivity contribution in [1.29, 1.82) is 0 Å². The highest BCUT2D eigenvalue weighted by molar-refractivity contribution is 5.86. The van der Waals surface area contributed by atoms with E-state index in [0.29, 0.717) is 18.0 Å². The molecule has 1 unspecified atom stereocenters. The van der Waals surface area contributed by atoms with Gasteiger partial charge in [0.25, 0.3) is 0 Å². The Bertz CT molecular complexity index is 1120. The average molecular weight is 428 g/mol. The van der Waals surface area contributed by atoms with Crippen LogP contribution in [-0.2, 0) is 11.2 Å². The van der Waals surface area contributed by atoms with E-state index in [1.54, 1.807) is 14.2 Å². The minimum Gasteiger partial charge on any atom is -0.493 e. The third kappa shape index (κ3) is 3.17. The van der Waals surface area contributed by atoms with E-state index in [4.69, 9.17) is 9.47 Å². The summed E-state index contributed by atoms with van der Waals surface area (Å²) in [6, 6.07) is 23.2. The molecule has 6 rings (SSSR count). The Morgan fingerprint density at radius 3 is 2.09 bits per heavy atom. The molecule has 0 saturated carbocycles. The smallest absolute Gasteiger partial charge is 0.226 e. The number of carbonyl (C=O) groups is 1. The Hall–Kier alpha value is -3.27. The molecule has 0 fully saturated rings. The second-order valence-electron chi connectivity index (χ2n) is 9.06. The van der Waals surface area contributed by atoms with Crippen molar-refractivity contribution < 1.29 is 14.3 Å². The van der Waals surface area contributed by atoms with Gasteiger partial charge in [-0.1, -0.05) is 54.6 Å². The van der Waals surface area contributed by atoms with Crippen LogP contribution in [0.3, 0.4) is 0 Å². The molecule has 2 bridgehead atoms. The fraction of sp³-hybridized carbons (Fsp3) is 0.321. The molecule has 1 amide bonds. The molecule has 4 nitrogen and oxygen atoms in total. The van der Waals surface area contributed by atoms with Crippen LogP contribution < -0.4 is 14.8 Å². The zero-order valence-electron chi connectivity index (χ0n) is 18.9. The van der Waals surface area contributed by atoms with Crippen LogP contribution in [0.25, 0.3) is 0 Å². The summed E-state index contributed by atoms with van der Waals surface area (Å²) >= 11 is 0. The topological polar surface area (TPSA) is 47.6 Å². The van der Waals surface area contributed by atoms with Gasteiger partial charge in [0, 0.05) is 18.4 Å². The van der Waals surface area contributed by atoms with Crippen molar-refractivity contribution in [2.45, 2.75) is 31.6 Å². The lowest BCUT2D eigenvalue weighted by atomic mass is 9.52. The summed E-state index contributed by atoms with van der Waals surface area (Å²) < 4.78 is 10.7. The summed E-state index contributed by atoms with van der Waals surface area (Å²) in [6.45, 7) is 2.73. The van der Waals surface area contributed by atoms with Crippen molar-refractivity contribution in [1.82, 2.24) is 5.32 Å². The van der Waals surface area contributed by atoms with Crippen molar-refractivity contribution in [2.24, 2.45) is 5.41 Å². The number of hydrogen-bond acceptors (Lipinski definition) is 3. The third-order valence-corrected chi connectivity index (χ3v) is 7.30. The molecule has 0 saturated heterocycles. The minimum atomic E-state index is -0.467. The number of methoxy groups -OCH3 is 2. The van der Waals surface area contributed by atoms with E-state index in [2.05, 4.69) is 60.8 Å². The van der Waals surface area contributed by atoms with Gasteiger partial charge in [-0.25, -0.2) is 0 Å². The highest BCUT2D eigenvalue weighted by Crippen LogP contribution is 2.60. The van der Waals surface area contributed by atoms with Crippen LogP contribution in [-0.4, -0.2) is 26.7 Å². The molecule has 3 aliphatic carbocycles. The van der Waals surface area contributed by atoms with E-state index >= 15 is 0 Å². The molecular formula is C28H29NO3. The van der Waals surface area contributed by atoms with Crippen molar-refractivity contribution in [3.63, 3.8) is 0 Å². The Morgan fingerprint density at radius 2 is 1.50 bits per heavy atom. The second-order valence-corrected chi connectivity index (χ2v) is 9.06. The first kappa shape index (κ1) is 20.6. The lowest BCUT2D eigenvalue weighted by molar-refractivity contribution is -0.132. The van der Waals surface area contributed by atoms with Gasteiger partial charge in [0.2, 0.25) is 5.91 Å². The van der Waals surface area contributed by atoms with Crippen LogP contribution in [0.4, 0.5) is 0 Å². The number of fused-ring (bicyclic) bond motifs is 1. The van der Waals surface area contributed by atoms with Crippen molar-refractivity contribution >= 4 is 5.91 Å². The fourth-order valence-corrected chi connectivity index (χ4v) is 5.75. The fourth-order valence-electron chi connectivity index (χ4n) is 5.75. The molecule has 32 heavy (non-hydrogen) atoms. The van der Waals surface area contributed by atoms with Crippen molar-refractivity contribution in [3.8, 4) is 11.5 Å². The highest BCUT2D eigenvalue weighted by Gasteiger charge is 2.53. The molecule has 1 N–H and O–H groups in total. The average Bonchev–Trinajstić information content (AvgIpc) is 2.84. The monoisotopic (exact) mass is 427 g/mol. The van der Waals surface area contributed by atoms with Gasteiger partial charge in [0.1, 0.15) is 0 Å². The summed E-state index contributed by atoms with van der Waals surface area (Å²) in [5.41, 5.74) is 6.01. The van der Waals surface area contributed by atoms with Crippen LogP contribution in [0.2, 0.25) is 0 Å². The predicted octanol–water partition coefficient (Wildman–Crippen LogP) is 5.05. The predicted molar refractivity (Wildman–Crippen MR) is 126 cm³/mol.